The highest BCUT2D eigenvalue weighted by Gasteiger charge is 2.45. The van der Waals surface area contributed by atoms with Crippen molar-refractivity contribution in [2.45, 2.75) is 45.1 Å². The summed E-state index contributed by atoms with van der Waals surface area (Å²) in [6.07, 6.45) is -1.44. The van der Waals surface area contributed by atoms with Crippen LogP contribution in [0.2, 0.25) is 0 Å². The molecule has 154 valence electrons. The smallest absolute Gasteiger partial charge is 0.416 e. The first-order chi connectivity index (χ1) is 13.7. The Labute approximate surface area is 178 Å². The van der Waals surface area contributed by atoms with Crippen LogP contribution in [0, 0.1) is 3.57 Å². The van der Waals surface area contributed by atoms with E-state index < -0.39 is 29.7 Å². The first-order valence-corrected chi connectivity index (χ1v) is 10.2. The fourth-order valence-electron chi connectivity index (χ4n) is 4.00. The molecule has 2 aliphatic heterocycles. The zero-order valence-corrected chi connectivity index (χ0v) is 17.6. The molecule has 2 aromatic rings. The van der Waals surface area contributed by atoms with Gasteiger partial charge in [-0.3, -0.25) is 4.79 Å². The molecule has 4 rings (SSSR count). The van der Waals surface area contributed by atoms with Gasteiger partial charge in [-0.2, -0.15) is 13.2 Å². The predicted octanol–water partition coefficient (Wildman–Crippen LogP) is 3.71. The van der Waals surface area contributed by atoms with Gasteiger partial charge in [-0.1, -0.05) is 0 Å². The predicted molar refractivity (Wildman–Crippen MR) is 104 cm³/mol. The van der Waals surface area contributed by atoms with Crippen molar-refractivity contribution in [2.75, 3.05) is 6.61 Å². The molecule has 0 radical (unpaired) electrons. The Morgan fingerprint density at radius 1 is 1.38 bits per heavy atom. The maximum absolute atomic E-state index is 13.6. The lowest BCUT2D eigenvalue weighted by atomic mass is 10.0. The van der Waals surface area contributed by atoms with Gasteiger partial charge < -0.3 is 14.2 Å². The van der Waals surface area contributed by atoms with E-state index in [1.165, 1.54) is 6.07 Å². The van der Waals surface area contributed by atoms with Crippen molar-refractivity contribution < 1.29 is 27.5 Å². The minimum Gasteiger partial charge on any atom is -0.464 e. The van der Waals surface area contributed by atoms with Crippen LogP contribution in [0.5, 0.6) is 0 Å². The van der Waals surface area contributed by atoms with Crippen LogP contribution in [-0.2, 0) is 35.2 Å². The lowest BCUT2D eigenvalue weighted by Crippen LogP contribution is -2.36. The van der Waals surface area contributed by atoms with Crippen molar-refractivity contribution in [1.29, 1.82) is 0 Å². The van der Waals surface area contributed by atoms with Crippen molar-refractivity contribution in [3.63, 3.8) is 0 Å². The Balaban J connectivity index is 1.80. The number of amides is 1. The number of rotatable bonds is 4. The van der Waals surface area contributed by atoms with Gasteiger partial charge in [0.25, 0.3) is 5.91 Å². The van der Waals surface area contributed by atoms with Gasteiger partial charge in [-0.15, -0.1) is 0 Å². The molecule has 0 N–H and O–H groups in total. The lowest BCUT2D eigenvalue weighted by Gasteiger charge is -2.25. The summed E-state index contributed by atoms with van der Waals surface area (Å²) in [7, 11) is 0. The molecular formula is C19H17F3IN3O3. The van der Waals surface area contributed by atoms with Crippen molar-refractivity contribution in [2.24, 2.45) is 0 Å². The van der Waals surface area contributed by atoms with Gasteiger partial charge in [0, 0.05) is 27.9 Å². The first kappa shape index (κ1) is 20.2. The van der Waals surface area contributed by atoms with Crippen molar-refractivity contribution in [1.82, 2.24) is 14.5 Å². The maximum atomic E-state index is 13.6. The number of nitrogens with zero attached hydrogens (tertiary/aromatic N) is 3. The van der Waals surface area contributed by atoms with Crippen LogP contribution < -0.4 is 0 Å². The summed E-state index contributed by atoms with van der Waals surface area (Å²) in [4.78, 5) is 31.3. The van der Waals surface area contributed by atoms with Gasteiger partial charge in [0.1, 0.15) is 0 Å². The molecule has 1 aromatic heterocycles. The Bertz CT molecular complexity index is 1000. The second-order valence-electron chi connectivity index (χ2n) is 6.94. The van der Waals surface area contributed by atoms with E-state index in [9.17, 15) is 22.8 Å². The minimum absolute atomic E-state index is 0.0330. The maximum Gasteiger partial charge on any atom is 0.416 e. The molecule has 29 heavy (non-hydrogen) atoms. The van der Waals surface area contributed by atoms with Gasteiger partial charge >= 0.3 is 12.1 Å². The van der Waals surface area contributed by atoms with Crippen LogP contribution in [0.3, 0.4) is 0 Å². The highest BCUT2D eigenvalue weighted by molar-refractivity contribution is 14.1. The summed E-state index contributed by atoms with van der Waals surface area (Å²) in [5.41, 5.74) is 0.193. The number of carbonyl (C=O) groups excluding carboxylic acids is 2. The van der Waals surface area contributed by atoms with E-state index in [0.717, 1.165) is 29.6 Å². The number of hydrogen-bond acceptors (Lipinski definition) is 4. The van der Waals surface area contributed by atoms with E-state index in [1.807, 2.05) is 4.57 Å². The molecule has 1 atom stereocenters. The van der Waals surface area contributed by atoms with E-state index in [2.05, 4.69) is 4.98 Å². The molecule has 0 saturated carbocycles. The molecule has 2 aliphatic rings. The quantitative estimate of drug-likeness (QED) is 0.457. The van der Waals surface area contributed by atoms with E-state index in [4.69, 9.17) is 4.74 Å². The molecule has 10 heteroatoms. The molecule has 3 heterocycles. The van der Waals surface area contributed by atoms with Crippen molar-refractivity contribution >= 4 is 34.5 Å². The van der Waals surface area contributed by atoms with Gasteiger partial charge in [0.2, 0.25) is 0 Å². The average molecular weight is 519 g/mol. The third kappa shape index (κ3) is 3.40. The lowest BCUT2D eigenvalue weighted by molar-refractivity contribution is -0.149. The number of alkyl halides is 3. The molecule has 1 unspecified atom stereocenters. The van der Waals surface area contributed by atoms with Crippen LogP contribution in [-0.4, -0.2) is 32.9 Å². The number of benzene rings is 1. The number of aryl methyl sites for hydroxylation is 1. The number of halogens is 4. The first-order valence-electron chi connectivity index (χ1n) is 9.13. The number of ether oxygens (including phenoxy) is 1. The SMILES string of the molecule is CCOC(=O)C(c1ncn2c1CCC2)N1Cc2c(cc(I)cc2C(F)(F)F)C1=O. The van der Waals surface area contributed by atoms with Gasteiger partial charge in [-0.25, -0.2) is 9.78 Å². The average Bonchev–Trinajstić information content (AvgIpc) is 3.32. The monoisotopic (exact) mass is 519 g/mol. The zero-order valence-electron chi connectivity index (χ0n) is 15.4. The van der Waals surface area contributed by atoms with Crippen molar-refractivity contribution in [3.8, 4) is 0 Å². The van der Waals surface area contributed by atoms with E-state index >= 15 is 0 Å². The fraction of sp³-hybridized carbons (Fsp3) is 0.421. The minimum atomic E-state index is -4.60. The number of fused-ring (bicyclic) bond motifs is 2. The summed E-state index contributed by atoms with van der Waals surface area (Å²) in [5.74, 6) is -1.31. The highest BCUT2D eigenvalue weighted by Crippen LogP contribution is 2.41. The van der Waals surface area contributed by atoms with E-state index in [-0.39, 0.29) is 24.3 Å². The summed E-state index contributed by atoms with van der Waals surface area (Å²) < 4.78 is 48.1. The fourth-order valence-corrected chi connectivity index (χ4v) is 4.62. The summed E-state index contributed by atoms with van der Waals surface area (Å²) in [5, 5.41) is 0. The Morgan fingerprint density at radius 3 is 2.83 bits per heavy atom. The molecular weight excluding hydrogens is 502 g/mol. The Kier molecular flexibility index (Phi) is 5.07. The molecule has 0 bridgehead atoms. The topological polar surface area (TPSA) is 64.4 Å². The zero-order chi connectivity index (χ0) is 20.9. The summed E-state index contributed by atoms with van der Waals surface area (Å²) in [6, 6.07) is 1.26. The number of carbonyl (C=O) groups is 2. The second-order valence-corrected chi connectivity index (χ2v) is 8.18. The normalized spacial score (nSPS) is 16.7. The molecule has 0 aliphatic carbocycles. The summed E-state index contributed by atoms with van der Waals surface area (Å²) >= 11 is 1.76. The number of aromatic nitrogens is 2. The van der Waals surface area contributed by atoms with Crippen LogP contribution in [0.15, 0.2) is 18.5 Å². The molecule has 0 spiro atoms. The van der Waals surface area contributed by atoms with Gasteiger partial charge in [-0.05, 0) is 60.1 Å². The van der Waals surface area contributed by atoms with Crippen LogP contribution in [0.1, 0.15) is 52.3 Å². The van der Waals surface area contributed by atoms with E-state index in [1.54, 1.807) is 35.8 Å². The Morgan fingerprint density at radius 2 is 2.14 bits per heavy atom. The van der Waals surface area contributed by atoms with Crippen molar-refractivity contribution in [3.05, 3.63) is 50.1 Å². The number of hydrogen-bond donors (Lipinski definition) is 0. The third-order valence-corrected chi connectivity index (χ3v) is 5.83. The molecule has 0 saturated heterocycles. The molecule has 1 aromatic carbocycles. The van der Waals surface area contributed by atoms with Crippen LogP contribution in [0.25, 0.3) is 0 Å². The van der Waals surface area contributed by atoms with Gasteiger partial charge in [0.05, 0.1) is 24.2 Å². The molecule has 0 fully saturated rings. The highest BCUT2D eigenvalue weighted by atomic mass is 127. The standard InChI is InChI=1S/C19H17F3IN3O3/c1-2-29-18(28)16(15-14-4-3-5-25(14)9-24-15)26-8-12-11(17(26)27)6-10(23)7-13(12)19(20,21)22/h6-7,9,16H,2-5,8H2,1H3. The molecule has 6 nitrogen and oxygen atoms in total. The number of esters is 1. The van der Waals surface area contributed by atoms with E-state index in [0.29, 0.717) is 15.7 Å². The summed E-state index contributed by atoms with van der Waals surface area (Å²) in [6.45, 7) is 2.15. The van der Waals surface area contributed by atoms with Crippen LogP contribution >= 0.6 is 22.6 Å². The Hall–Kier alpha value is -2.11. The number of imidazole rings is 1. The largest absolute Gasteiger partial charge is 0.464 e. The second kappa shape index (κ2) is 7.29. The third-order valence-electron chi connectivity index (χ3n) is 5.21. The van der Waals surface area contributed by atoms with Gasteiger partial charge in [0.15, 0.2) is 6.04 Å². The van der Waals surface area contributed by atoms with Crippen LogP contribution in [0.4, 0.5) is 13.2 Å². The molecule has 1 amide bonds.